The Bertz CT molecular complexity index is 1210. The summed E-state index contributed by atoms with van der Waals surface area (Å²) in [4.78, 5) is 21.2. The van der Waals surface area contributed by atoms with Crippen molar-refractivity contribution in [3.63, 3.8) is 0 Å². The molecule has 0 radical (unpaired) electrons. The molecule has 0 aliphatic carbocycles. The Morgan fingerprint density at radius 3 is 2.72 bits per heavy atom. The number of hydrogen-bond donors (Lipinski definition) is 1. The van der Waals surface area contributed by atoms with Gasteiger partial charge in [0.05, 0.1) is 28.2 Å². The third-order valence-electron chi connectivity index (χ3n) is 4.56. The van der Waals surface area contributed by atoms with Crippen LogP contribution in [0.2, 0.25) is 0 Å². The van der Waals surface area contributed by atoms with Crippen LogP contribution in [-0.2, 0) is 13.0 Å². The van der Waals surface area contributed by atoms with E-state index in [1.807, 2.05) is 22.8 Å². The topological polar surface area (TPSA) is 83.6 Å². The van der Waals surface area contributed by atoms with Crippen LogP contribution in [0.15, 0.2) is 71.5 Å². The lowest BCUT2D eigenvalue weighted by atomic mass is 10.1. The van der Waals surface area contributed by atoms with E-state index in [-0.39, 0.29) is 5.91 Å². The summed E-state index contributed by atoms with van der Waals surface area (Å²) in [6.07, 6.45) is 3.90. The Morgan fingerprint density at radius 2 is 2.00 bits per heavy atom. The molecular weight excluding hydrogens is 430 g/mol. The lowest BCUT2D eigenvalue weighted by molar-refractivity contribution is 0.102. The van der Waals surface area contributed by atoms with Crippen LogP contribution in [0.4, 0.5) is 5.95 Å². The molecular formula is C22H16BrN5O. The van der Waals surface area contributed by atoms with E-state index in [9.17, 15) is 10.1 Å². The van der Waals surface area contributed by atoms with Crippen molar-refractivity contribution in [2.45, 2.75) is 13.0 Å². The van der Waals surface area contributed by atoms with Crippen LogP contribution >= 0.6 is 15.9 Å². The summed E-state index contributed by atoms with van der Waals surface area (Å²) in [6.45, 7) is 0.632. The summed E-state index contributed by atoms with van der Waals surface area (Å²) >= 11 is 3.45. The second-order valence-corrected chi connectivity index (χ2v) is 7.39. The number of aromatic nitrogens is 3. The van der Waals surface area contributed by atoms with Crippen molar-refractivity contribution in [3.8, 4) is 6.07 Å². The van der Waals surface area contributed by atoms with Gasteiger partial charge >= 0.3 is 0 Å². The molecule has 2 aromatic carbocycles. The van der Waals surface area contributed by atoms with Gasteiger partial charge in [0.1, 0.15) is 0 Å². The molecule has 6 nitrogen and oxygen atoms in total. The van der Waals surface area contributed by atoms with E-state index in [1.54, 1.807) is 30.5 Å². The highest BCUT2D eigenvalue weighted by Gasteiger charge is 2.15. The number of fused-ring (bicyclic) bond motifs is 1. The van der Waals surface area contributed by atoms with Crippen LogP contribution in [0.3, 0.4) is 0 Å². The highest BCUT2D eigenvalue weighted by Crippen LogP contribution is 2.22. The quantitative estimate of drug-likeness (QED) is 0.487. The predicted molar refractivity (Wildman–Crippen MR) is 114 cm³/mol. The molecule has 7 heteroatoms. The molecule has 0 saturated heterocycles. The third-order valence-corrected chi connectivity index (χ3v) is 5.09. The largest absolute Gasteiger partial charge is 0.310 e. The molecule has 0 fully saturated rings. The molecule has 0 saturated carbocycles. The van der Waals surface area contributed by atoms with Crippen LogP contribution in [0.5, 0.6) is 0 Å². The van der Waals surface area contributed by atoms with Crippen molar-refractivity contribution in [1.29, 1.82) is 5.26 Å². The van der Waals surface area contributed by atoms with Gasteiger partial charge < -0.3 is 4.57 Å². The maximum Gasteiger partial charge on any atom is 0.259 e. The lowest BCUT2D eigenvalue weighted by Crippen LogP contribution is -2.16. The average Bonchev–Trinajstić information content (AvgIpc) is 3.09. The molecule has 1 amide bonds. The molecule has 0 unspecified atom stereocenters. The Balaban J connectivity index is 1.67. The molecule has 29 heavy (non-hydrogen) atoms. The molecule has 0 bridgehead atoms. The molecule has 4 rings (SSSR count). The number of rotatable bonds is 5. The Morgan fingerprint density at radius 1 is 1.17 bits per heavy atom. The van der Waals surface area contributed by atoms with Crippen molar-refractivity contribution in [2.24, 2.45) is 0 Å². The van der Waals surface area contributed by atoms with E-state index >= 15 is 0 Å². The minimum absolute atomic E-state index is 0.279. The normalized spacial score (nSPS) is 10.6. The summed E-state index contributed by atoms with van der Waals surface area (Å²) in [5, 5.41) is 12.1. The fraction of sp³-hybridized carbons (Fsp3) is 0.0909. The van der Waals surface area contributed by atoms with Gasteiger partial charge in [-0.25, -0.2) is 4.98 Å². The van der Waals surface area contributed by atoms with Gasteiger partial charge in [-0.1, -0.05) is 28.1 Å². The summed E-state index contributed by atoms with van der Waals surface area (Å²) in [5.41, 5.74) is 3.69. The highest BCUT2D eigenvalue weighted by atomic mass is 79.9. The molecule has 4 aromatic rings. The van der Waals surface area contributed by atoms with E-state index < -0.39 is 0 Å². The van der Waals surface area contributed by atoms with E-state index in [2.05, 4.69) is 49.4 Å². The highest BCUT2D eigenvalue weighted by molar-refractivity contribution is 9.10. The van der Waals surface area contributed by atoms with Crippen molar-refractivity contribution in [2.75, 3.05) is 5.32 Å². The summed E-state index contributed by atoms with van der Waals surface area (Å²) < 4.78 is 3.00. The van der Waals surface area contributed by atoms with Gasteiger partial charge in [0, 0.05) is 23.4 Å². The Labute approximate surface area is 176 Å². The number of nitrogens with zero attached hydrogens (tertiary/aromatic N) is 4. The minimum atomic E-state index is -0.279. The first kappa shape index (κ1) is 18.8. The molecule has 0 atom stereocenters. The van der Waals surface area contributed by atoms with Crippen LogP contribution in [0.25, 0.3) is 11.0 Å². The first-order chi connectivity index (χ1) is 14.1. The van der Waals surface area contributed by atoms with Crippen molar-refractivity contribution < 1.29 is 4.79 Å². The number of anilines is 1. The zero-order valence-electron chi connectivity index (χ0n) is 15.3. The molecule has 142 valence electrons. The maximum atomic E-state index is 12.6. The summed E-state index contributed by atoms with van der Waals surface area (Å²) in [6, 6.07) is 19.0. The van der Waals surface area contributed by atoms with Gasteiger partial charge in [-0.15, -0.1) is 0 Å². The maximum absolute atomic E-state index is 12.6. The van der Waals surface area contributed by atoms with E-state index in [4.69, 9.17) is 0 Å². The smallest absolute Gasteiger partial charge is 0.259 e. The summed E-state index contributed by atoms with van der Waals surface area (Å²) in [5.74, 6) is 0.167. The van der Waals surface area contributed by atoms with E-state index in [0.717, 1.165) is 16.4 Å². The number of benzene rings is 2. The molecule has 0 spiro atoms. The van der Waals surface area contributed by atoms with Crippen LogP contribution in [0.1, 0.15) is 21.5 Å². The molecule has 1 N–H and O–H groups in total. The average molecular weight is 446 g/mol. The SMILES string of the molecule is N#Cc1ccc2c(c1)nc(NC(=O)c1cccnc1)n2CCc1ccc(Br)cc1. The number of pyridine rings is 1. The number of imidazole rings is 1. The number of aryl methyl sites for hydroxylation is 2. The summed E-state index contributed by atoms with van der Waals surface area (Å²) in [7, 11) is 0. The van der Waals surface area contributed by atoms with Gasteiger partial charge in [0.15, 0.2) is 0 Å². The molecule has 0 aliphatic rings. The molecule has 0 aliphatic heterocycles. The standard InChI is InChI=1S/C22H16BrN5O/c23-18-6-3-15(4-7-18)9-11-28-20-8-5-16(13-24)12-19(20)26-22(28)27-21(29)17-2-1-10-25-14-17/h1-8,10,12,14H,9,11H2,(H,26,27,29). The van der Waals surface area contributed by atoms with Crippen LogP contribution < -0.4 is 5.32 Å². The third kappa shape index (κ3) is 4.18. The number of nitrogens with one attached hydrogen (secondary N) is 1. The monoisotopic (exact) mass is 445 g/mol. The number of amides is 1. The number of nitriles is 1. The zero-order chi connectivity index (χ0) is 20.2. The number of carbonyl (C=O) groups is 1. The van der Waals surface area contributed by atoms with Gasteiger partial charge in [-0.3, -0.25) is 15.1 Å². The van der Waals surface area contributed by atoms with Gasteiger partial charge in [0.2, 0.25) is 5.95 Å². The van der Waals surface area contributed by atoms with Crippen LogP contribution in [-0.4, -0.2) is 20.4 Å². The van der Waals surface area contributed by atoms with Crippen molar-refractivity contribution >= 4 is 38.8 Å². The Hall–Kier alpha value is -3.50. The van der Waals surface area contributed by atoms with E-state index in [1.165, 1.54) is 11.8 Å². The first-order valence-electron chi connectivity index (χ1n) is 9.00. The number of carbonyl (C=O) groups excluding carboxylic acids is 1. The lowest BCUT2D eigenvalue weighted by Gasteiger charge is -2.10. The van der Waals surface area contributed by atoms with Gasteiger partial charge in [0.25, 0.3) is 5.91 Å². The first-order valence-corrected chi connectivity index (χ1v) is 9.79. The predicted octanol–water partition coefficient (Wildman–Crippen LogP) is 4.56. The fourth-order valence-corrected chi connectivity index (χ4v) is 3.35. The fourth-order valence-electron chi connectivity index (χ4n) is 3.08. The number of hydrogen-bond acceptors (Lipinski definition) is 4. The Kier molecular flexibility index (Phi) is 5.36. The molecule has 2 heterocycles. The minimum Gasteiger partial charge on any atom is -0.310 e. The van der Waals surface area contributed by atoms with Crippen molar-refractivity contribution in [3.05, 3.63) is 88.2 Å². The second kappa shape index (κ2) is 8.25. The van der Waals surface area contributed by atoms with Crippen molar-refractivity contribution in [1.82, 2.24) is 14.5 Å². The van der Waals surface area contributed by atoms with E-state index in [0.29, 0.717) is 29.1 Å². The zero-order valence-corrected chi connectivity index (χ0v) is 16.9. The second-order valence-electron chi connectivity index (χ2n) is 6.47. The van der Waals surface area contributed by atoms with Gasteiger partial charge in [-0.05, 0) is 54.4 Å². The van der Waals surface area contributed by atoms with Crippen LogP contribution in [0, 0.1) is 11.3 Å². The number of halogens is 1. The van der Waals surface area contributed by atoms with Gasteiger partial charge in [-0.2, -0.15) is 5.26 Å². The molecule has 2 aromatic heterocycles.